The van der Waals surface area contributed by atoms with Crippen LogP contribution in [0, 0.1) is 6.92 Å². The van der Waals surface area contributed by atoms with Gasteiger partial charge in [-0.15, -0.1) is 24.0 Å². The minimum absolute atomic E-state index is 0. The van der Waals surface area contributed by atoms with Crippen molar-refractivity contribution in [1.82, 2.24) is 10.6 Å². The van der Waals surface area contributed by atoms with E-state index in [0.717, 1.165) is 12.5 Å². The second kappa shape index (κ2) is 8.40. The smallest absolute Gasteiger partial charge is 0.191 e. The first-order chi connectivity index (χ1) is 8.40. The van der Waals surface area contributed by atoms with Gasteiger partial charge in [0.05, 0.1) is 6.54 Å². The van der Waals surface area contributed by atoms with Gasteiger partial charge >= 0.3 is 0 Å². The van der Waals surface area contributed by atoms with E-state index in [1.165, 1.54) is 11.1 Å². The molecule has 1 rings (SSSR count). The van der Waals surface area contributed by atoms with Crippen molar-refractivity contribution in [2.45, 2.75) is 46.7 Å². The van der Waals surface area contributed by atoms with E-state index in [9.17, 15) is 0 Å². The normalized spacial score (nSPS) is 11.7. The number of benzene rings is 1. The molecule has 0 saturated heterocycles. The van der Waals surface area contributed by atoms with Crippen molar-refractivity contribution < 1.29 is 0 Å². The van der Waals surface area contributed by atoms with Crippen molar-refractivity contribution in [1.29, 1.82) is 0 Å². The Bertz CT molecular complexity index is 391. The second-order valence-corrected chi connectivity index (χ2v) is 5.56. The lowest BCUT2D eigenvalue weighted by Crippen LogP contribution is -2.47. The summed E-state index contributed by atoms with van der Waals surface area (Å²) in [6.45, 7) is 12.1. The molecule has 0 aliphatic rings. The summed E-state index contributed by atoms with van der Waals surface area (Å²) in [5.41, 5.74) is 2.53. The maximum Gasteiger partial charge on any atom is 0.191 e. The summed E-state index contributed by atoms with van der Waals surface area (Å²) in [5.74, 6) is 0.866. The fourth-order valence-corrected chi connectivity index (χ4v) is 1.53. The molecule has 2 N–H and O–H groups in total. The Morgan fingerprint density at radius 1 is 1.16 bits per heavy atom. The third-order valence-corrected chi connectivity index (χ3v) is 2.38. The molecular weight excluding hydrogens is 349 g/mol. The lowest BCUT2D eigenvalue weighted by atomic mass is 10.1. The number of guanidine groups is 1. The highest BCUT2D eigenvalue weighted by atomic mass is 127. The van der Waals surface area contributed by atoms with Crippen LogP contribution in [0.4, 0.5) is 0 Å². The molecule has 0 radical (unpaired) electrons. The van der Waals surface area contributed by atoms with E-state index in [2.05, 4.69) is 74.5 Å². The van der Waals surface area contributed by atoms with Gasteiger partial charge in [-0.3, -0.25) is 0 Å². The van der Waals surface area contributed by atoms with Crippen LogP contribution in [0.5, 0.6) is 0 Å². The Balaban J connectivity index is 0.00000324. The van der Waals surface area contributed by atoms with Crippen LogP contribution in [0.25, 0.3) is 0 Å². The van der Waals surface area contributed by atoms with Crippen molar-refractivity contribution in [2.75, 3.05) is 6.54 Å². The lowest BCUT2D eigenvalue weighted by molar-refractivity contribution is 0.501. The molecule has 3 nitrogen and oxygen atoms in total. The van der Waals surface area contributed by atoms with Gasteiger partial charge in [0.15, 0.2) is 5.96 Å². The van der Waals surface area contributed by atoms with E-state index >= 15 is 0 Å². The monoisotopic (exact) mass is 375 g/mol. The average molecular weight is 375 g/mol. The molecule has 108 valence electrons. The molecular formula is C15H26IN3. The van der Waals surface area contributed by atoms with E-state index in [0.29, 0.717) is 6.54 Å². The van der Waals surface area contributed by atoms with Crippen molar-refractivity contribution in [3.05, 3.63) is 35.4 Å². The summed E-state index contributed by atoms with van der Waals surface area (Å²) >= 11 is 0. The molecule has 0 aromatic heterocycles. The summed E-state index contributed by atoms with van der Waals surface area (Å²) in [7, 11) is 0. The number of nitrogens with zero attached hydrogens (tertiary/aromatic N) is 1. The highest BCUT2D eigenvalue weighted by Gasteiger charge is 2.11. The molecule has 0 aliphatic heterocycles. The van der Waals surface area contributed by atoms with Crippen LogP contribution in [-0.4, -0.2) is 18.0 Å². The molecule has 4 heteroatoms. The first-order valence-corrected chi connectivity index (χ1v) is 6.53. The summed E-state index contributed by atoms with van der Waals surface area (Å²) in [6.07, 6.45) is 0. The van der Waals surface area contributed by atoms with Gasteiger partial charge in [-0.25, -0.2) is 4.99 Å². The zero-order chi connectivity index (χ0) is 13.6. The van der Waals surface area contributed by atoms with Gasteiger partial charge in [0, 0.05) is 12.1 Å². The van der Waals surface area contributed by atoms with Crippen molar-refractivity contribution >= 4 is 29.9 Å². The number of hydrogen-bond donors (Lipinski definition) is 2. The highest BCUT2D eigenvalue weighted by molar-refractivity contribution is 14.0. The Morgan fingerprint density at radius 3 is 2.21 bits per heavy atom. The largest absolute Gasteiger partial charge is 0.357 e. The molecule has 19 heavy (non-hydrogen) atoms. The summed E-state index contributed by atoms with van der Waals surface area (Å²) < 4.78 is 0. The molecule has 0 unspecified atom stereocenters. The quantitative estimate of drug-likeness (QED) is 0.482. The first-order valence-electron chi connectivity index (χ1n) is 6.53. The van der Waals surface area contributed by atoms with Gasteiger partial charge in [0.25, 0.3) is 0 Å². The Hall–Kier alpha value is -0.780. The van der Waals surface area contributed by atoms with Gasteiger partial charge < -0.3 is 10.6 Å². The predicted molar refractivity (Wildman–Crippen MR) is 94.3 cm³/mol. The fraction of sp³-hybridized carbons (Fsp3) is 0.533. The topological polar surface area (TPSA) is 36.4 Å². The van der Waals surface area contributed by atoms with Crippen LogP contribution in [0.3, 0.4) is 0 Å². The molecule has 1 aromatic carbocycles. The maximum atomic E-state index is 4.59. The molecule has 0 heterocycles. The summed E-state index contributed by atoms with van der Waals surface area (Å²) in [4.78, 5) is 4.59. The Morgan fingerprint density at radius 2 is 1.74 bits per heavy atom. The summed E-state index contributed by atoms with van der Waals surface area (Å²) in [5, 5.41) is 6.64. The van der Waals surface area contributed by atoms with Crippen LogP contribution in [-0.2, 0) is 6.54 Å². The van der Waals surface area contributed by atoms with Crippen molar-refractivity contribution in [3.8, 4) is 0 Å². The second-order valence-electron chi connectivity index (χ2n) is 5.56. The number of halogens is 1. The molecule has 0 atom stereocenters. The minimum Gasteiger partial charge on any atom is -0.357 e. The Kier molecular flexibility index (Phi) is 8.06. The number of hydrogen-bond acceptors (Lipinski definition) is 1. The van der Waals surface area contributed by atoms with Gasteiger partial charge in [0.1, 0.15) is 0 Å². The predicted octanol–water partition coefficient (Wildman–Crippen LogP) is 3.47. The van der Waals surface area contributed by atoms with Gasteiger partial charge in [0.2, 0.25) is 0 Å². The van der Waals surface area contributed by atoms with Crippen LogP contribution in [0.1, 0.15) is 38.8 Å². The van der Waals surface area contributed by atoms with Crippen molar-refractivity contribution in [3.63, 3.8) is 0 Å². The molecule has 1 aromatic rings. The number of aryl methyl sites for hydroxylation is 1. The van der Waals surface area contributed by atoms with E-state index < -0.39 is 0 Å². The minimum atomic E-state index is 0. The fourth-order valence-electron chi connectivity index (χ4n) is 1.53. The molecule has 0 amide bonds. The standard InChI is InChI=1S/C15H25N3.HI/c1-6-16-14(18-15(3,4)5)17-11-13-9-7-12(2)8-10-13;/h7-10H,6,11H2,1-5H3,(H2,16,17,18);1H. The first kappa shape index (κ1) is 18.2. The van der Waals surface area contributed by atoms with Crippen LogP contribution >= 0.6 is 24.0 Å². The van der Waals surface area contributed by atoms with E-state index in [4.69, 9.17) is 0 Å². The SMILES string of the molecule is CCNC(=NCc1ccc(C)cc1)NC(C)(C)C.I. The number of rotatable bonds is 3. The summed E-state index contributed by atoms with van der Waals surface area (Å²) in [6, 6.07) is 8.49. The zero-order valence-corrected chi connectivity index (χ0v) is 14.9. The molecule has 0 saturated carbocycles. The van der Waals surface area contributed by atoms with E-state index in [1.54, 1.807) is 0 Å². The van der Waals surface area contributed by atoms with Crippen LogP contribution in [0.15, 0.2) is 29.3 Å². The average Bonchev–Trinajstić information content (AvgIpc) is 2.26. The number of aliphatic imine (C=N–C) groups is 1. The van der Waals surface area contributed by atoms with E-state index in [1.807, 2.05) is 0 Å². The highest BCUT2D eigenvalue weighted by Crippen LogP contribution is 2.05. The molecule has 0 fully saturated rings. The molecule has 0 bridgehead atoms. The lowest BCUT2D eigenvalue weighted by Gasteiger charge is -2.23. The van der Waals surface area contributed by atoms with E-state index in [-0.39, 0.29) is 29.5 Å². The van der Waals surface area contributed by atoms with Gasteiger partial charge in [-0.1, -0.05) is 29.8 Å². The third-order valence-electron chi connectivity index (χ3n) is 2.38. The molecule has 0 spiro atoms. The van der Waals surface area contributed by atoms with Crippen molar-refractivity contribution in [2.24, 2.45) is 4.99 Å². The maximum absolute atomic E-state index is 4.59. The van der Waals surface area contributed by atoms with Gasteiger partial charge in [-0.2, -0.15) is 0 Å². The Labute approximate surface area is 134 Å². The number of nitrogens with one attached hydrogen (secondary N) is 2. The van der Waals surface area contributed by atoms with Crippen LogP contribution in [0.2, 0.25) is 0 Å². The third kappa shape index (κ3) is 8.08. The molecule has 0 aliphatic carbocycles. The van der Waals surface area contributed by atoms with Gasteiger partial charge in [-0.05, 0) is 40.2 Å². The van der Waals surface area contributed by atoms with Crippen LogP contribution < -0.4 is 10.6 Å². The zero-order valence-electron chi connectivity index (χ0n) is 12.6.